The number of nitrogens with zero attached hydrogens (tertiary/aromatic N) is 2. The maximum absolute atomic E-state index is 13.5. The van der Waals surface area contributed by atoms with E-state index >= 15 is 0 Å². The Labute approximate surface area is 164 Å². The summed E-state index contributed by atoms with van der Waals surface area (Å²) in [7, 11) is 1.47. The fourth-order valence-corrected chi connectivity index (χ4v) is 3.19. The van der Waals surface area contributed by atoms with Gasteiger partial charge in [0, 0.05) is 24.7 Å². The summed E-state index contributed by atoms with van der Waals surface area (Å²) < 4.78 is 18.6. The number of rotatable bonds is 5. The van der Waals surface area contributed by atoms with Crippen LogP contribution in [0.1, 0.15) is 6.42 Å². The van der Waals surface area contributed by atoms with Gasteiger partial charge in [-0.05, 0) is 30.3 Å². The van der Waals surface area contributed by atoms with Crippen LogP contribution in [0.15, 0.2) is 36.4 Å². The van der Waals surface area contributed by atoms with Gasteiger partial charge in [-0.1, -0.05) is 11.6 Å². The number of benzene rings is 2. The molecule has 2 aromatic rings. The van der Waals surface area contributed by atoms with Crippen LogP contribution in [0.4, 0.5) is 21.5 Å². The molecule has 1 heterocycles. The van der Waals surface area contributed by atoms with Crippen molar-refractivity contribution >= 4 is 40.5 Å². The summed E-state index contributed by atoms with van der Waals surface area (Å²) in [5.41, 5.74) is -0.119. The van der Waals surface area contributed by atoms with Crippen LogP contribution in [-0.4, -0.2) is 30.4 Å². The quantitative estimate of drug-likeness (QED) is 0.604. The predicted molar refractivity (Wildman–Crippen MR) is 100 cm³/mol. The van der Waals surface area contributed by atoms with Crippen molar-refractivity contribution in [2.75, 3.05) is 23.9 Å². The molecule has 2 aromatic carbocycles. The Bertz CT molecular complexity index is 968. The summed E-state index contributed by atoms with van der Waals surface area (Å²) in [5, 5.41) is 13.9. The molecule has 1 saturated heterocycles. The van der Waals surface area contributed by atoms with Crippen molar-refractivity contribution in [2.24, 2.45) is 5.92 Å². The Hall–Kier alpha value is -3.20. The average molecular weight is 408 g/mol. The van der Waals surface area contributed by atoms with E-state index in [1.165, 1.54) is 24.1 Å². The van der Waals surface area contributed by atoms with Gasteiger partial charge in [0.05, 0.1) is 28.7 Å². The molecule has 1 atom stereocenters. The van der Waals surface area contributed by atoms with Gasteiger partial charge in [0.25, 0.3) is 0 Å². The molecule has 8 nitrogen and oxygen atoms in total. The van der Waals surface area contributed by atoms with Crippen LogP contribution in [-0.2, 0) is 9.59 Å². The van der Waals surface area contributed by atoms with Crippen LogP contribution in [0, 0.1) is 21.8 Å². The van der Waals surface area contributed by atoms with Crippen LogP contribution < -0.4 is 15.0 Å². The second kappa shape index (κ2) is 7.81. The maximum atomic E-state index is 13.5. The lowest BCUT2D eigenvalue weighted by Crippen LogP contribution is -2.28. The van der Waals surface area contributed by atoms with Crippen molar-refractivity contribution in [3.63, 3.8) is 0 Å². The number of anilines is 2. The highest BCUT2D eigenvalue weighted by Gasteiger charge is 2.36. The lowest BCUT2D eigenvalue weighted by molar-refractivity contribution is -0.387. The number of ether oxygens (including phenoxy) is 1. The highest BCUT2D eigenvalue weighted by atomic mass is 35.5. The van der Waals surface area contributed by atoms with E-state index in [2.05, 4.69) is 5.32 Å². The van der Waals surface area contributed by atoms with Crippen LogP contribution in [0.2, 0.25) is 5.02 Å². The van der Waals surface area contributed by atoms with E-state index < -0.39 is 28.3 Å². The number of nitro groups is 1. The molecule has 0 aliphatic carbocycles. The molecule has 0 aromatic heterocycles. The lowest BCUT2D eigenvalue weighted by Gasteiger charge is -2.17. The summed E-state index contributed by atoms with van der Waals surface area (Å²) in [6.45, 7) is 0.0251. The first-order chi connectivity index (χ1) is 13.3. The van der Waals surface area contributed by atoms with Gasteiger partial charge in [0.2, 0.25) is 17.6 Å². The first-order valence-corrected chi connectivity index (χ1v) is 8.56. The van der Waals surface area contributed by atoms with E-state index in [1.54, 1.807) is 12.1 Å². The van der Waals surface area contributed by atoms with E-state index in [0.29, 0.717) is 16.5 Å². The number of amides is 2. The van der Waals surface area contributed by atoms with Gasteiger partial charge in [-0.25, -0.2) is 0 Å². The largest absolute Gasteiger partial charge is 0.495 e. The number of methoxy groups -OCH3 is 1. The second-order valence-corrected chi connectivity index (χ2v) is 6.54. The zero-order chi connectivity index (χ0) is 20.4. The fraction of sp³-hybridized carbons (Fsp3) is 0.222. The predicted octanol–water partition coefficient (Wildman–Crippen LogP) is 3.39. The van der Waals surface area contributed by atoms with E-state index in [1.807, 2.05) is 0 Å². The molecule has 10 heteroatoms. The molecule has 0 spiro atoms. The zero-order valence-corrected chi connectivity index (χ0v) is 15.4. The standard InChI is InChI=1S/C18H15ClFN3O5/c1-28-16-5-2-11(7-13(16)19)21-18(25)10-6-17(24)22(9-10)12-3-4-14(20)15(8-12)23(26)27/h2-5,7-8,10H,6,9H2,1H3,(H,21,25). The molecule has 3 rings (SSSR count). The third-order valence-electron chi connectivity index (χ3n) is 4.35. The van der Waals surface area contributed by atoms with Gasteiger partial charge in [0.15, 0.2) is 0 Å². The zero-order valence-electron chi connectivity index (χ0n) is 14.6. The monoisotopic (exact) mass is 407 g/mol. The molecule has 1 aliphatic heterocycles. The molecule has 1 N–H and O–H groups in total. The minimum Gasteiger partial charge on any atom is -0.495 e. The van der Waals surface area contributed by atoms with Gasteiger partial charge in [-0.2, -0.15) is 4.39 Å². The first-order valence-electron chi connectivity index (χ1n) is 8.19. The van der Waals surface area contributed by atoms with Crippen LogP contribution in [0.3, 0.4) is 0 Å². The second-order valence-electron chi connectivity index (χ2n) is 6.14. The third kappa shape index (κ3) is 3.89. The Kier molecular flexibility index (Phi) is 5.46. The molecule has 0 bridgehead atoms. The topological polar surface area (TPSA) is 102 Å². The van der Waals surface area contributed by atoms with Crippen molar-refractivity contribution in [2.45, 2.75) is 6.42 Å². The third-order valence-corrected chi connectivity index (χ3v) is 4.65. The molecule has 2 amide bonds. The van der Waals surface area contributed by atoms with Gasteiger partial charge in [-0.15, -0.1) is 0 Å². The summed E-state index contributed by atoms with van der Waals surface area (Å²) in [6.07, 6.45) is -0.0686. The number of hydrogen-bond donors (Lipinski definition) is 1. The molecular formula is C18H15ClFN3O5. The molecule has 1 fully saturated rings. The molecule has 1 aliphatic rings. The first kappa shape index (κ1) is 19.6. The van der Waals surface area contributed by atoms with Crippen molar-refractivity contribution in [1.29, 1.82) is 0 Å². The van der Waals surface area contributed by atoms with E-state index in [4.69, 9.17) is 16.3 Å². The summed E-state index contributed by atoms with van der Waals surface area (Å²) in [5.74, 6) is -1.98. The number of halogens is 2. The minimum atomic E-state index is -0.994. The Balaban J connectivity index is 1.73. The van der Waals surface area contributed by atoms with Gasteiger partial charge < -0.3 is 15.0 Å². The van der Waals surface area contributed by atoms with E-state index in [-0.39, 0.29) is 24.6 Å². The number of carbonyl (C=O) groups excluding carboxylic acids is 2. The highest BCUT2D eigenvalue weighted by Crippen LogP contribution is 2.31. The summed E-state index contributed by atoms with van der Waals surface area (Å²) in [6, 6.07) is 7.91. The Morgan fingerprint density at radius 3 is 2.75 bits per heavy atom. The molecule has 1 unspecified atom stereocenters. The maximum Gasteiger partial charge on any atom is 0.306 e. The van der Waals surface area contributed by atoms with Crippen molar-refractivity contribution in [3.8, 4) is 5.75 Å². The Morgan fingerprint density at radius 2 is 2.11 bits per heavy atom. The number of hydrogen-bond acceptors (Lipinski definition) is 5. The van der Waals surface area contributed by atoms with Crippen LogP contribution >= 0.6 is 11.6 Å². The summed E-state index contributed by atoms with van der Waals surface area (Å²) >= 11 is 6.03. The Morgan fingerprint density at radius 1 is 1.36 bits per heavy atom. The van der Waals surface area contributed by atoms with Gasteiger partial charge >= 0.3 is 5.69 Å². The van der Waals surface area contributed by atoms with Crippen molar-refractivity contribution in [3.05, 3.63) is 57.4 Å². The fourth-order valence-electron chi connectivity index (χ4n) is 2.93. The van der Waals surface area contributed by atoms with Crippen molar-refractivity contribution in [1.82, 2.24) is 0 Å². The smallest absolute Gasteiger partial charge is 0.306 e. The number of nitro benzene ring substituents is 1. The average Bonchev–Trinajstić information content (AvgIpc) is 3.04. The van der Waals surface area contributed by atoms with Gasteiger partial charge in [0.1, 0.15) is 5.75 Å². The molecule has 0 radical (unpaired) electrons. The molecule has 146 valence electrons. The molecule has 28 heavy (non-hydrogen) atoms. The SMILES string of the molecule is COc1ccc(NC(=O)C2CC(=O)N(c3ccc(F)c([N+](=O)[O-])c3)C2)cc1Cl. The molecule has 0 saturated carbocycles. The lowest BCUT2D eigenvalue weighted by atomic mass is 10.1. The van der Waals surface area contributed by atoms with Crippen molar-refractivity contribution < 1.29 is 23.6 Å². The van der Waals surface area contributed by atoms with Crippen LogP contribution in [0.25, 0.3) is 0 Å². The number of carbonyl (C=O) groups is 2. The van der Waals surface area contributed by atoms with Gasteiger partial charge in [-0.3, -0.25) is 19.7 Å². The number of nitrogens with one attached hydrogen (secondary N) is 1. The minimum absolute atomic E-state index is 0.0251. The van der Waals surface area contributed by atoms with Crippen LogP contribution in [0.5, 0.6) is 5.75 Å². The normalized spacial score (nSPS) is 16.2. The molecular weight excluding hydrogens is 393 g/mol. The van der Waals surface area contributed by atoms with E-state index in [0.717, 1.165) is 12.1 Å². The van der Waals surface area contributed by atoms with E-state index in [9.17, 15) is 24.1 Å². The highest BCUT2D eigenvalue weighted by molar-refractivity contribution is 6.32. The summed E-state index contributed by atoms with van der Waals surface area (Å²) in [4.78, 5) is 36.1.